The summed E-state index contributed by atoms with van der Waals surface area (Å²) in [5.74, 6) is -0.395. The quantitative estimate of drug-likeness (QED) is 0.589. The maximum Gasteiger partial charge on any atom is 0.127 e. The van der Waals surface area contributed by atoms with E-state index in [1.807, 2.05) is 5.48 Å². The molecule has 3 nitrogen and oxygen atoms in total. The largest absolute Gasteiger partial charge is 0.392 e. The smallest absolute Gasteiger partial charge is 0.127 e. The summed E-state index contributed by atoms with van der Waals surface area (Å²) >= 11 is 0. The lowest BCUT2D eigenvalue weighted by molar-refractivity contribution is 0.160. The predicted molar refractivity (Wildman–Crippen MR) is 40.9 cm³/mol. The first-order chi connectivity index (χ1) is 5.77. The lowest BCUT2D eigenvalue weighted by Gasteiger charge is -2.03. The zero-order valence-electron chi connectivity index (χ0n) is 6.42. The molecule has 3 N–H and O–H groups in total. The second-order valence-corrected chi connectivity index (χ2v) is 2.42. The van der Waals surface area contributed by atoms with E-state index >= 15 is 0 Å². The van der Waals surface area contributed by atoms with Gasteiger partial charge in [0.05, 0.1) is 6.61 Å². The van der Waals surface area contributed by atoms with Crippen LogP contribution in [0.25, 0.3) is 0 Å². The summed E-state index contributed by atoms with van der Waals surface area (Å²) in [5, 5.41) is 17.0. The molecule has 66 valence electrons. The zero-order chi connectivity index (χ0) is 8.97. The molecular weight excluding hydrogens is 161 g/mol. The summed E-state index contributed by atoms with van der Waals surface area (Å²) in [6, 6.07) is 4.26. The van der Waals surface area contributed by atoms with Crippen molar-refractivity contribution in [1.29, 1.82) is 0 Å². The minimum absolute atomic E-state index is 0.0413. The van der Waals surface area contributed by atoms with E-state index in [1.165, 1.54) is 18.2 Å². The average molecular weight is 171 g/mol. The number of aliphatic hydroxyl groups is 1. The van der Waals surface area contributed by atoms with Gasteiger partial charge in [0.2, 0.25) is 0 Å². The number of hydrogen-bond donors (Lipinski definition) is 3. The Bertz CT molecular complexity index is 265. The Morgan fingerprint density at radius 3 is 2.75 bits per heavy atom. The van der Waals surface area contributed by atoms with Crippen molar-refractivity contribution in [2.24, 2.45) is 0 Å². The third-order valence-corrected chi connectivity index (χ3v) is 1.56. The van der Waals surface area contributed by atoms with Crippen LogP contribution >= 0.6 is 0 Å². The van der Waals surface area contributed by atoms with Crippen molar-refractivity contribution in [3.8, 4) is 0 Å². The molecule has 1 aromatic carbocycles. The molecular formula is C8H10FNO2. The Hall–Kier alpha value is -0.970. The third kappa shape index (κ3) is 2.01. The SMILES string of the molecule is OCc1ccc(F)c(CNO)c1. The Labute approximate surface area is 69.4 Å². The van der Waals surface area contributed by atoms with Crippen LogP contribution in [0.1, 0.15) is 11.1 Å². The van der Waals surface area contributed by atoms with Crippen molar-refractivity contribution in [2.75, 3.05) is 0 Å². The molecule has 12 heavy (non-hydrogen) atoms. The van der Waals surface area contributed by atoms with Crippen LogP contribution in [0.3, 0.4) is 0 Å². The van der Waals surface area contributed by atoms with E-state index in [-0.39, 0.29) is 13.2 Å². The fourth-order valence-electron chi connectivity index (χ4n) is 0.947. The van der Waals surface area contributed by atoms with Gasteiger partial charge in [0, 0.05) is 12.1 Å². The molecule has 0 fully saturated rings. The summed E-state index contributed by atoms with van der Waals surface area (Å²) in [6.45, 7) is -0.0849. The van der Waals surface area contributed by atoms with Crippen LogP contribution in [0, 0.1) is 5.82 Å². The highest BCUT2D eigenvalue weighted by Gasteiger charge is 2.01. The fraction of sp³-hybridized carbons (Fsp3) is 0.250. The summed E-state index contributed by atoms with van der Waals surface area (Å²) in [5.41, 5.74) is 2.82. The van der Waals surface area contributed by atoms with Gasteiger partial charge in [-0.05, 0) is 17.7 Å². The molecule has 0 spiro atoms. The van der Waals surface area contributed by atoms with E-state index in [0.29, 0.717) is 11.1 Å². The van der Waals surface area contributed by atoms with Gasteiger partial charge in [-0.2, -0.15) is 0 Å². The summed E-state index contributed by atoms with van der Waals surface area (Å²) in [7, 11) is 0. The average Bonchev–Trinajstić information content (AvgIpc) is 2.09. The number of hydrogen-bond acceptors (Lipinski definition) is 3. The van der Waals surface area contributed by atoms with Crippen LogP contribution in [0.15, 0.2) is 18.2 Å². The first-order valence-electron chi connectivity index (χ1n) is 3.53. The molecule has 0 aromatic heterocycles. The second-order valence-electron chi connectivity index (χ2n) is 2.42. The molecule has 0 saturated carbocycles. The summed E-state index contributed by atoms with van der Waals surface area (Å²) < 4.78 is 12.9. The standard InChI is InChI=1S/C8H10FNO2/c9-8-2-1-6(5-11)3-7(8)4-10-12/h1-3,10-12H,4-5H2. The van der Waals surface area contributed by atoms with E-state index in [9.17, 15) is 4.39 Å². The van der Waals surface area contributed by atoms with E-state index in [4.69, 9.17) is 10.3 Å². The van der Waals surface area contributed by atoms with E-state index in [2.05, 4.69) is 0 Å². The van der Waals surface area contributed by atoms with Crippen LogP contribution in [-0.2, 0) is 13.2 Å². The Kier molecular flexibility index (Phi) is 3.16. The van der Waals surface area contributed by atoms with Crippen molar-refractivity contribution < 1.29 is 14.7 Å². The molecule has 0 bridgehead atoms. The Morgan fingerprint density at radius 2 is 2.17 bits per heavy atom. The molecule has 0 heterocycles. The fourth-order valence-corrected chi connectivity index (χ4v) is 0.947. The maximum absolute atomic E-state index is 12.9. The number of benzene rings is 1. The number of halogens is 1. The van der Waals surface area contributed by atoms with Gasteiger partial charge < -0.3 is 10.3 Å². The molecule has 4 heteroatoms. The Balaban J connectivity index is 2.91. The highest BCUT2D eigenvalue weighted by Crippen LogP contribution is 2.10. The number of nitrogens with one attached hydrogen (secondary N) is 1. The summed E-state index contributed by atoms with van der Waals surface area (Å²) in [4.78, 5) is 0. The number of aliphatic hydroxyl groups excluding tert-OH is 1. The molecule has 0 saturated heterocycles. The van der Waals surface area contributed by atoms with E-state index in [0.717, 1.165) is 0 Å². The molecule has 1 aromatic rings. The highest BCUT2D eigenvalue weighted by molar-refractivity contribution is 5.24. The monoisotopic (exact) mass is 171 g/mol. The van der Waals surface area contributed by atoms with Gasteiger partial charge in [0.1, 0.15) is 5.82 Å². The van der Waals surface area contributed by atoms with Crippen LogP contribution in [0.4, 0.5) is 4.39 Å². The topological polar surface area (TPSA) is 52.5 Å². The highest BCUT2D eigenvalue weighted by atomic mass is 19.1. The molecule has 0 amide bonds. The van der Waals surface area contributed by atoms with Gasteiger partial charge >= 0.3 is 0 Å². The van der Waals surface area contributed by atoms with E-state index < -0.39 is 5.82 Å². The number of rotatable bonds is 3. The van der Waals surface area contributed by atoms with Crippen LogP contribution in [-0.4, -0.2) is 10.3 Å². The van der Waals surface area contributed by atoms with Crippen molar-refractivity contribution >= 4 is 0 Å². The lowest BCUT2D eigenvalue weighted by atomic mass is 10.1. The van der Waals surface area contributed by atoms with Gasteiger partial charge in [0.25, 0.3) is 0 Å². The summed E-state index contributed by atoms with van der Waals surface area (Å²) in [6.07, 6.45) is 0. The zero-order valence-corrected chi connectivity index (χ0v) is 6.42. The van der Waals surface area contributed by atoms with Gasteiger partial charge in [0.15, 0.2) is 0 Å². The molecule has 0 unspecified atom stereocenters. The van der Waals surface area contributed by atoms with Crippen LogP contribution < -0.4 is 5.48 Å². The maximum atomic E-state index is 12.9. The van der Waals surface area contributed by atoms with Crippen molar-refractivity contribution in [1.82, 2.24) is 5.48 Å². The van der Waals surface area contributed by atoms with Gasteiger partial charge in [-0.25, -0.2) is 9.87 Å². The molecule has 0 aliphatic heterocycles. The second kappa shape index (κ2) is 4.15. The molecule has 1 rings (SSSR count). The first kappa shape index (κ1) is 9.12. The van der Waals surface area contributed by atoms with Crippen molar-refractivity contribution in [3.63, 3.8) is 0 Å². The van der Waals surface area contributed by atoms with Crippen molar-refractivity contribution in [2.45, 2.75) is 13.2 Å². The minimum Gasteiger partial charge on any atom is -0.392 e. The molecule has 0 aliphatic carbocycles. The molecule has 0 radical (unpaired) electrons. The van der Waals surface area contributed by atoms with Gasteiger partial charge in [-0.15, -0.1) is 0 Å². The lowest BCUT2D eigenvalue weighted by Crippen LogP contribution is -2.08. The van der Waals surface area contributed by atoms with Crippen molar-refractivity contribution in [3.05, 3.63) is 35.1 Å². The normalized spacial score (nSPS) is 10.2. The third-order valence-electron chi connectivity index (χ3n) is 1.56. The predicted octanol–water partition coefficient (Wildman–Crippen LogP) is 0.797. The van der Waals surface area contributed by atoms with Crippen LogP contribution in [0.5, 0.6) is 0 Å². The van der Waals surface area contributed by atoms with Gasteiger partial charge in [-0.3, -0.25) is 0 Å². The van der Waals surface area contributed by atoms with Crippen LogP contribution in [0.2, 0.25) is 0 Å². The molecule has 0 aliphatic rings. The van der Waals surface area contributed by atoms with Gasteiger partial charge in [-0.1, -0.05) is 6.07 Å². The van der Waals surface area contributed by atoms with E-state index in [1.54, 1.807) is 0 Å². The Morgan fingerprint density at radius 1 is 1.42 bits per heavy atom. The first-order valence-corrected chi connectivity index (χ1v) is 3.53. The molecule has 0 atom stereocenters. The minimum atomic E-state index is -0.395. The number of hydroxylamine groups is 1.